The zero-order valence-electron chi connectivity index (χ0n) is 12.9. The Labute approximate surface area is 127 Å². The SMILES string of the molecule is CC1=CC(C)=C2C1=C(CC(=O)O)c1c(C)cc(C)n1C2(F)F. The Morgan fingerprint density at radius 1 is 1.27 bits per heavy atom. The third-order valence-corrected chi connectivity index (χ3v) is 4.34. The minimum atomic E-state index is -3.16. The van der Waals surface area contributed by atoms with Gasteiger partial charge in [0.05, 0.1) is 17.7 Å². The molecular weight excluding hydrogens is 288 g/mol. The molecule has 1 aromatic rings. The molecule has 0 saturated heterocycles. The summed E-state index contributed by atoms with van der Waals surface area (Å²) in [4.78, 5) is 11.3. The third kappa shape index (κ3) is 1.74. The van der Waals surface area contributed by atoms with Gasteiger partial charge in [-0.2, -0.15) is 8.78 Å². The molecule has 0 atom stereocenters. The fourth-order valence-corrected chi connectivity index (χ4v) is 3.73. The van der Waals surface area contributed by atoms with Crippen LogP contribution < -0.4 is 0 Å². The Kier molecular flexibility index (Phi) is 2.96. The van der Waals surface area contributed by atoms with E-state index in [9.17, 15) is 9.90 Å². The van der Waals surface area contributed by atoms with Crippen LogP contribution in [0.4, 0.5) is 8.78 Å². The van der Waals surface area contributed by atoms with Crippen molar-refractivity contribution in [2.75, 3.05) is 0 Å². The molecule has 1 aliphatic heterocycles. The second-order valence-corrected chi connectivity index (χ2v) is 6.00. The molecule has 0 aromatic carbocycles. The Bertz CT molecular complexity index is 807. The largest absolute Gasteiger partial charge is 0.481 e. The summed E-state index contributed by atoms with van der Waals surface area (Å²) in [5.74, 6) is -1.02. The second kappa shape index (κ2) is 4.41. The monoisotopic (exact) mass is 305 g/mol. The van der Waals surface area contributed by atoms with Crippen LogP contribution >= 0.6 is 0 Å². The van der Waals surface area contributed by atoms with Gasteiger partial charge in [0.15, 0.2) is 0 Å². The molecule has 22 heavy (non-hydrogen) atoms. The van der Waals surface area contributed by atoms with Gasteiger partial charge < -0.3 is 5.11 Å². The van der Waals surface area contributed by atoms with E-state index in [4.69, 9.17) is 0 Å². The number of alkyl halides is 2. The molecule has 0 unspecified atom stereocenters. The number of aromatic nitrogens is 1. The molecule has 0 spiro atoms. The molecule has 0 fully saturated rings. The molecule has 0 amide bonds. The molecule has 0 bridgehead atoms. The number of carboxylic acids is 1. The zero-order chi connectivity index (χ0) is 16.4. The molecule has 116 valence electrons. The highest BCUT2D eigenvalue weighted by Crippen LogP contribution is 2.53. The van der Waals surface area contributed by atoms with Crippen molar-refractivity contribution in [1.29, 1.82) is 0 Å². The Morgan fingerprint density at radius 3 is 2.50 bits per heavy atom. The van der Waals surface area contributed by atoms with Gasteiger partial charge in [0, 0.05) is 5.69 Å². The number of rotatable bonds is 2. The lowest BCUT2D eigenvalue weighted by Crippen LogP contribution is -2.33. The number of allylic oxidation sites excluding steroid dienone is 5. The van der Waals surface area contributed by atoms with E-state index >= 15 is 8.78 Å². The van der Waals surface area contributed by atoms with Crippen LogP contribution in [0.25, 0.3) is 5.57 Å². The van der Waals surface area contributed by atoms with Crippen molar-refractivity contribution in [2.45, 2.75) is 40.2 Å². The van der Waals surface area contributed by atoms with Gasteiger partial charge in [0.1, 0.15) is 0 Å². The van der Waals surface area contributed by atoms with Crippen LogP contribution in [0.2, 0.25) is 0 Å². The van der Waals surface area contributed by atoms with Crippen molar-refractivity contribution < 1.29 is 18.7 Å². The van der Waals surface area contributed by atoms with Gasteiger partial charge in [-0.1, -0.05) is 6.08 Å². The predicted octanol–water partition coefficient (Wildman–Crippen LogP) is 4.17. The average molecular weight is 305 g/mol. The fourth-order valence-electron chi connectivity index (χ4n) is 3.73. The van der Waals surface area contributed by atoms with E-state index in [0.717, 1.165) is 4.57 Å². The minimum Gasteiger partial charge on any atom is -0.481 e. The van der Waals surface area contributed by atoms with E-state index in [0.29, 0.717) is 39.2 Å². The van der Waals surface area contributed by atoms with Gasteiger partial charge in [-0.05, 0) is 61.6 Å². The number of aryl methyl sites for hydroxylation is 2. The van der Waals surface area contributed by atoms with Gasteiger partial charge in [0.2, 0.25) is 0 Å². The standard InChI is InChI=1S/C17H17F2NO2/c1-8-5-9(2)15-14(8)12(7-13(21)22)16-10(3)6-11(4)20(16)17(15,18)19/h5-6H,7H2,1-4H3,(H,21,22). The summed E-state index contributed by atoms with van der Waals surface area (Å²) in [5.41, 5.74) is 3.47. The van der Waals surface area contributed by atoms with Crippen molar-refractivity contribution in [1.82, 2.24) is 4.57 Å². The number of fused-ring (bicyclic) bond motifs is 2. The quantitative estimate of drug-likeness (QED) is 0.891. The average Bonchev–Trinajstić information content (AvgIpc) is 2.83. The fraction of sp³-hybridized carbons (Fsp3) is 0.353. The molecule has 0 saturated carbocycles. The number of aliphatic carboxylic acids is 1. The summed E-state index contributed by atoms with van der Waals surface area (Å²) in [6, 6.07) is -1.48. The maximum atomic E-state index is 15.1. The van der Waals surface area contributed by atoms with Crippen LogP contribution in [0, 0.1) is 13.8 Å². The Morgan fingerprint density at radius 2 is 1.91 bits per heavy atom. The molecule has 0 radical (unpaired) electrons. The first kappa shape index (κ1) is 14.8. The third-order valence-electron chi connectivity index (χ3n) is 4.34. The van der Waals surface area contributed by atoms with Crippen LogP contribution in [0.1, 0.15) is 37.2 Å². The summed E-state index contributed by atoms with van der Waals surface area (Å²) in [6.07, 6.45) is 1.44. The normalized spacial score (nSPS) is 19.3. The van der Waals surface area contributed by atoms with Gasteiger partial charge in [0.25, 0.3) is 0 Å². The van der Waals surface area contributed by atoms with Gasteiger partial charge in [-0.15, -0.1) is 0 Å². The summed E-state index contributed by atoms with van der Waals surface area (Å²) in [7, 11) is 0. The van der Waals surface area contributed by atoms with Crippen molar-refractivity contribution >= 4 is 11.5 Å². The maximum Gasteiger partial charge on any atom is 0.357 e. The van der Waals surface area contributed by atoms with Crippen LogP contribution in [0.5, 0.6) is 0 Å². The number of nitrogens with zero attached hydrogens (tertiary/aromatic N) is 1. The topological polar surface area (TPSA) is 42.2 Å². The van der Waals surface area contributed by atoms with E-state index in [-0.39, 0.29) is 12.0 Å². The Hall–Kier alpha value is -2.17. The van der Waals surface area contributed by atoms with E-state index in [1.165, 1.54) is 0 Å². The highest BCUT2D eigenvalue weighted by atomic mass is 19.3. The van der Waals surface area contributed by atoms with Gasteiger partial charge in [-0.25, -0.2) is 0 Å². The first-order valence-electron chi connectivity index (χ1n) is 7.09. The number of hydrogen-bond donors (Lipinski definition) is 1. The van der Waals surface area contributed by atoms with E-state index in [2.05, 4.69) is 0 Å². The van der Waals surface area contributed by atoms with Crippen molar-refractivity contribution in [3.05, 3.63) is 51.4 Å². The van der Waals surface area contributed by atoms with E-state index < -0.39 is 12.0 Å². The molecule has 1 aliphatic carbocycles. The minimum absolute atomic E-state index is 0.0625. The number of carbonyl (C=O) groups is 1. The molecule has 1 aromatic heterocycles. The highest BCUT2D eigenvalue weighted by molar-refractivity contribution is 5.91. The first-order valence-corrected chi connectivity index (χ1v) is 7.09. The van der Waals surface area contributed by atoms with Crippen LogP contribution in [-0.2, 0) is 10.8 Å². The molecule has 3 rings (SSSR count). The molecule has 1 N–H and O–H groups in total. The molecule has 5 heteroatoms. The smallest absolute Gasteiger partial charge is 0.357 e. The Balaban J connectivity index is 2.44. The van der Waals surface area contributed by atoms with Crippen molar-refractivity contribution in [2.24, 2.45) is 0 Å². The van der Waals surface area contributed by atoms with E-state index in [1.807, 2.05) is 0 Å². The zero-order valence-corrected chi connectivity index (χ0v) is 12.9. The first-order chi connectivity index (χ1) is 10.2. The second-order valence-electron chi connectivity index (χ2n) is 6.00. The van der Waals surface area contributed by atoms with Crippen LogP contribution in [0.3, 0.4) is 0 Å². The highest BCUT2D eigenvalue weighted by Gasteiger charge is 2.49. The van der Waals surface area contributed by atoms with Crippen molar-refractivity contribution in [3.63, 3.8) is 0 Å². The molecule has 3 nitrogen and oxygen atoms in total. The van der Waals surface area contributed by atoms with Crippen molar-refractivity contribution in [3.8, 4) is 0 Å². The van der Waals surface area contributed by atoms with Crippen LogP contribution in [0.15, 0.2) is 34.4 Å². The number of carboxylic acid groups (broad SMARTS) is 1. The summed E-state index contributed by atoms with van der Waals surface area (Å²) >= 11 is 0. The summed E-state index contributed by atoms with van der Waals surface area (Å²) in [6.45, 7) is 6.77. The maximum absolute atomic E-state index is 15.1. The molecule has 2 heterocycles. The molecular formula is C17H17F2NO2. The lowest BCUT2D eigenvalue weighted by molar-refractivity contribution is -0.135. The van der Waals surface area contributed by atoms with Crippen LogP contribution in [-0.4, -0.2) is 15.6 Å². The lowest BCUT2D eigenvalue weighted by atomic mass is 9.87. The number of halogens is 2. The van der Waals surface area contributed by atoms with Gasteiger partial charge >= 0.3 is 12.0 Å². The summed E-state index contributed by atoms with van der Waals surface area (Å²) < 4.78 is 31.1. The molecule has 2 aliphatic rings. The van der Waals surface area contributed by atoms with E-state index in [1.54, 1.807) is 39.8 Å². The number of hydrogen-bond acceptors (Lipinski definition) is 1. The predicted molar refractivity (Wildman–Crippen MR) is 79.7 cm³/mol. The lowest BCUT2D eigenvalue weighted by Gasteiger charge is -2.33. The summed E-state index contributed by atoms with van der Waals surface area (Å²) in [5, 5.41) is 9.22. The van der Waals surface area contributed by atoms with Gasteiger partial charge in [-0.3, -0.25) is 9.36 Å².